The third-order valence-corrected chi connectivity index (χ3v) is 5.80. The van der Waals surface area contributed by atoms with Crippen molar-refractivity contribution in [3.8, 4) is 5.88 Å². The summed E-state index contributed by atoms with van der Waals surface area (Å²) >= 11 is 0. The van der Waals surface area contributed by atoms with E-state index in [0.29, 0.717) is 40.4 Å². The predicted octanol–water partition coefficient (Wildman–Crippen LogP) is 2.93. The largest absolute Gasteiger partial charge is 0.480 e. The number of methoxy groups -OCH3 is 1. The van der Waals surface area contributed by atoms with Crippen LogP contribution >= 0.6 is 0 Å². The van der Waals surface area contributed by atoms with Crippen LogP contribution in [0.5, 0.6) is 5.88 Å². The van der Waals surface area contributed by atoms with E-state index < -0.39 is 0 Å². The summed E-state index contributed by atoms with van der Waals surface area (Å²) in [5.41, 5.74) is 1.81. The summed E-state index contributed by atoms with van der Waals surface area (Å²) < 4.78 is 23.6. The molecule has 10 heteroatoms. The first-order chi connectivity index (χ1) is 15.3. The van der Waals surface area contributed by atoms with Gasteiger partial charge in [-0.05, 0) is 26.0 Å². The Morgan fingerprint density at radius 3 is 2.59 bits per heavy atom. The van der Waals surface area contributed by atoms with Crippen LogP contribution < -0.4 is 20.3 Å². The Hall–Kier alpha value is -3.40. The van der Waals surface area contributed by atoms with Crippen LogP contribution in [-0.4, -0.2) is 56.8 Å². The summed E-state index contributed by atoms with van der Waals surface area (Å²) in [6.45, 7) is 6.06. The van der Waals surface area contributed by atoms with E-state index in [-0.39, 0.29) is 5.82 Å². The minimum absolute atomic E-state index is 0.340. The fraction of sp³-hybridized carbons (Fsp3) is 0.409. The van der Waals surface area contributed by atoms with Crippen molar-refractivity contribution in [3.63, 3.8) is 0 Å². The summed E-state index contributed by atoms with van der Waals surface area (Å²) in [6.07, 6.45) is 1.78. The number of pyridine rings is 1. The van der Waals surface area contributed by atoms with Crippen molar-refractivity contribution in [1.82, 2.24) is 29.9 Å². The topological polar surface area (TPSA) is 85.1 Å². The Morgan fingerprint density at radius 2 is 1.88 bits per heavy atom. The number of ether oxygens (including phenoxy) is 1. The van der Waals surface area contributed by atoms with Crippen molar-refractivity contribution in [1.29, 1.82) is 0 Å². The summed E-state index contributed by atoms with van der Waals surface area (Å²) in [4.78, 5) is 7.06. The van der Waals surface area contributed by atoms with Gasteiger partial charge in [-0.1, -0.05) is 0 Å². The number of benzene rings is 1. The molecular weight excluding hydrogens is 411 g/mol. The average Bonchev–Trinajstić information content (AvgIpc) is 3.26. The van der Waals surface area contributed by atoms with Gasteiger partial charge in [-0.2, -0.15) is 15.2 Å². The Kier molecular flexibility index (Phi) is 4.89. The van der Waals surface area contributed by atoms with Crippen LogP contribution in [0.2, 0.25) is 0 Å². The number of aryl methyl sites for hydroxylation is 2. The van der Waals surface area contributed by atoms with Crippen LogP contribution in [0, 0.1) is 5.82 Å². The Bertz CT molecular complexity index is 1300. The highest BCUT2D eigenvalue weighted by atomic mass is 19.1. The lowest BCUT2D eigenvalue weighted by Crippen LogP contribution is -2.54. The Morgan fingerprint density at radius 1 is 1.12 bits per heavy atom. The number of anilines is 3. The molecule has 5 rings (SSSR count). The zero-order chi connectivity index (χ0) is 22.6. The number of nitrogens with zero attached hydrogens (tertiary/aromatic N) is 6. The highest BCUT2D eigenvalue weighted by Crippen LogP contribution is 2.36. The molecule has 0 bridgehead atoms. The molecule has 0 unspecified atom stereocenters. The molecule has 1 aromatic carbocycles. The van der Waals surface area contributed by atoms with Gasteiger partial charge in [-0.3, -0.25) is 9.36 Å². The molecule has 0 saturated carbocycles. The van der Waals surface area contributed by atoms with Crippen LogP contribution in [-0.2, 0) is 14.1 Å². The molecule has 3 aromatic heterocycles. The number of hydrogen-bond acceptors (Lipinski definition) is 7. The molecule has 0 radical (unpaired) electrons. The number of nitrogens with one attached hydrogen (secondary N) is 2. The second kappa shape index (κ2) is 7.63. The van der Waals surface area contributed by atoms with Crippen LogP contribution in [0.4, 0.5) is 21.7 Å². The Labute approximate surface area is 185 Å². The highest BCUT2D eigenvalue weighted by Gasteiger charge is 2.25. The normalized spacial score (nSPS) is 19.1. The number of rotatable bonds is 4. The molecule has 9 nitrogen and oxygen atoms in total. The second-order valence-corrected chi connectivity index (χ2v) is 8.55. The minimum atomic E-state index is -0.389. The third kappa shape index (κ3) is 3.50. The second-order valence-electron chi connectivity index (χ2n) is 8.55. The van der Waals surface area contributed by atoms with Gasteiger partial charge < -0.3 is 20.3 Å². The molecular formula is C22H27FN8O. The summed E-state index contributed by atoms with van der Waals surface area (Å²) in [6, 6.07) is 6.04. The van der Waals surface area contributed by atoms with Crippen molar-refractivity contribution >= 4 is 39.1 Å². The third-order valence-electron chi connectivity index (χ3n) is 5.80. The first kappa shape index (κ1) is 20.5. The predicted molar refractivity (Wildman–Crippen MR) is 123 cm³/mol. The fourth-order valence-electron chi connectivity index (χ4n) is 4.56. The standard InChI is InChI=1S/C22H27FN8O/c1-12-9-31(10-13(2)24-12)18-8-17-19(22(26-18)32-5)21(28-30(17)4)25-15-6-14-11-29(3)27-20(14)16(23)7-15/h6-8,11-13,24H,9-10H2,1-5H3,(H,25,28)/t12-,13-/m0/s1. The van der Waals surface area contributed by atoms with Crippen molar-refractivity contribution in [3.05, 3.63) is 30.2 Å². The molecule has 2 N–H and O–H groups in total. The smallest absolute Gasteiger partial charge is 0.228 e. The zero-order valence-corrected chi connectivity index (χ0v) is 18.8. The van der Waals surface area contributed by atoms with Crippen LogP contribution in [0.3, 0.4) is 0 Å². The van der Waals surface area contributed by atoms with E-state index in [1.165, 1.54) is 6.07 Å². The van der Waals surface area contributed by atoms with E-state index in [2.05, 4.69) is 39.6 Å². The van der Waals surface area contributed by atoms with Crippen molar-refractivity contribution in [2.75, 3.05) is 30.4 Å². The van der Waals surface area contributed by atoms with E-state index in [1.807, 2.05) is 19.2 Å². The molecule has 0 spiro atoms. The number of piperazine rings is 1. The monoisotopic (exact) mass is 438 g/mol. The number of aromatic nitrogens is 5. The quantitative estimate of drug-likeness (QED) is 0.507. The van der Waals surface area contributed by atoms with Gasteiger partial charge in [-0.25, -0.2) is 4.39 Å². The number of fused-ring (bicyclic) bond motifs is 2. The molecule has 1 fully saturated rings. The van der Waals surface area contributed by atoms with E-state index in [0.717, 1.165) is 29.8 Å². The minimum Gasteiger partial charge on any atom is -0.480 e. The lowest BCUT2D eigenvalue weighted by molar-refractivity contribution is 0.393. The molecule has 0 aliphatic carbocycles. The lowest BCUT2D eigenvalue weighted by atomic mass is 10.1. The van der Waals surface area contributed by atoms with Gasteiger partial charge in [0.15, 0.2) is 11.6 Å². The van der Waals surface area contributed by atoms with Gasteiger partial charge in [0.1, 0.15) is 16.7 Å². The van der Waals surface area contributed by atoms with Crippen molar-refractivity contribution in [2.24, 2.45) is 14.1 Å². The van der Waals surface area contributed by atoms with Gasteiger partial charge in [0.25, 0.3) is 0 Å². The maximum absolute atomic E-state index is 14.6. The van der Waals surface area contributed by atoms with Gasteiger partial charge in [0, 0.05) is 62.6 Å². The molecule has 2 atom stereocenters. The maximum atomic E-state index is 14.6. The molecule has 1 aliphatic heterocycles. The van der Waals surface area contributed by atoms with Gasteiger partial charge >= 0.3 is 0 Å². The Balaban J connectivity index is 1.56. The van der Waals surface area contributed by atoms with Crippen LogP contribution in [0.25, 0.3) is 21.8 Å². The lowest BCUT2D eigenvalue weighted by Gasteiger charge is -2.37. The average molecular weight is 439 g/mol. The van der Waals surface area contributed by atoms with Crippen LogP contribution in [0.15, 0.2) is 24.4 Å². The van der Waals surface area contributed by atoms with E-state index >= 15 is 0 Å². The maximum Gasteiger partial charge on any atom is 0.228 e. The molecule has 32 heavy (non-hydrogen) atoms. The number of halogens is 1. The van der Waals surface area contributed by atoms with Crippen molar-refractivity contribution < 1.29 is 9.13 Å². The van der Waals surface area contributed by atoms with Crippen LogP contribution in [0.1, 0.15) is 13.8 Å². The molecule has 0 amide bonds. The molecule has 4 heterocycles. The molecule has 1 aliphatic rings. The molecule has 1 saturated heterocycles. The summed E-state index contributed by atoms with van der Waals surface area (Å²) in [5.74, 6) is 1.50. The van der Waals surface area contributed by atoms with Gasteiger partial charge in [0.05, 0.1) is 12.6 Å². The summed E-state index contributed by atoms with van der Waals surface area (Å²) in [5, 5.41) is 17.0. The van der Waals surface area contributed by atoms with Crippen molar-refractivity contribution in [2.45, 2.75) is 25.9 Å². The summed E-state index contributed by atoms with van der Waals surface area (Å²) in [7, 11) is 5.25. The SMILES string of the molecule is COc1nc(N2C[C@H](C)N[C@@H](C)C2)cc2c1c(Nc1cc(F)c3nn(C)cc3c1)nn2C. The molecule has 4 aromatic rings. The fourth-order valence-corrected chi connectivity index (χ4v) is 4.56. The van der Waals surface area contributed by atoms with Gasteiger partial charge in [0.2, 0.25) is 5.88 Å². The van der Waals surface area contributed by atoms with E-state index in [1.54, 1.807) is 29.7 Å². The first-order valence-electron chi connectivity index (χ1n) is 10.6. The van der Waals surface area contributed by atoms with Gasteiger partial charge in [-0.15, -0.1) is 0 Å². The zero-order valence-electron chi connectivity index (χ0n) is 18.8. The van der Waals surface area contributed by atoms with E-state index in [4.69, 9.17) is 9.72 Å². The molecule has 168 valence electrons. The highest BCUT2D eigenvalue weighted by molar-refractivity contribution is 5.98. The first-order valence-corrected chi connectivity index (χ1v) is 10.6. The number of hydrogen-bond donors (Lipinski definition) is 2. The van der Waals surface area contributed by atoms with E-state index in [9.17, 15) is 4.39 Å².